The summed E-state index contributed by atoms with van der Waals surface area (Å²) in [5.74, 6) is 0. The summed E-state index contributed by atoms with van der Waals surface area (Å²) in [6.07, 6.45) is 13.4. The number of rotatable bonds is 1. The van der Waals surface area contributed by atoms with Gasteiger partial charge in [-0.2, -0.15) is 0 Å². The number of hydrogen-bond donors (Lipinski definition) is 1. The third-order valence-electron chi connectivity index (χ3n) is 2.78. The average molecular weight is 217 g/mol. The van der Waals surface area contributed by atoms with Crippen molar-refractivity contribution in [1.82, 2.24) is 5.32 Å². The summed E-state index contributed by atoms with van der Waals surface area (Å²) in [5.41, 5.74) is 4.35. The first-order valence-electron chi connectivity index (χ1n) is 6.27. The van der Waals surface area contributed by atoms with Crippen LogP contribution in [0.15, 0.2) is 47.2 Å². The number of dihydropyridines is 1. The fourth-order valence-electron chi connectivity index (χ4n) is 1.86. The van der Waals surface area contributed by atoms with Crippen LogP contribution in [0, 0.1) is 0 Å². The molecule has 16 heavy (non-hydrogen) atoms. The number of hydrogen-bond acceptors (Lipinski definition) is 1. The van der Waals surface area contributed by atoms with Crippen molar-refractivity contribution in [2.24, 2.45) is 0 Å². The van der Waals surface area contributed by atoms with Crippen molar-refractivity contribution in [3.63, 3.8) is 0 Å². The van der Waals surface area contributed by atoms with E-state index >= 15 is 0 Å². The molecule has 0 fully saturated rings. The van der Waals surface area contributed by atoms with E-state index in [1.807, 2.05) is 20.0 Å². The van der Waals surface area contributed by atoms with E-state index in [2.05, 4.69) is 43.5 Å². The second-order valence-corrected chi connectivity index (χ2v) is 4.12. The fourth-order valence-corrected chi connectivity index (χ4v) is 1.86. The maximum Gasteiger partial charge on any atom is 0.0419 e. The molecule has 0 saturated carbocycles. The van der Waals surface area contributed by atoms with Crippen molar-refractivity contribution in [2.75, 3.05) is 0 Å². The van der Waals surface area contributed by atoms with Gasteiger partial charge in [0.2, 0.25) is 0 Å². The van der Waals surface area contributed by atoms with Crippen LogP contribution < -0.4 is 5.32 Å². The minimum atomic E-state index is 0.461. The van der Waals surface area contributed by atoms with Gasteiger partial charge in [-0.25, -0.2) is 0 Å². The molecular weight excluding hydrogens is 194 g/mol. The monoisotopic (exact) mass is 217 g/mol. The minimum absolute atomic E-state index is 0.461. The second-order valence-electron chi connectivity index (χ2n) is 4.12. The SMILES string of the molecule is CC.CC1=CC=C(C2=CC(C)NC=C2)CC1. The fraction of sp³-hybridized carbons (Fsp3) is 0.467. The molecule has 1 atom stereocenters. The summed E-state index contributed by atoms with van der Waals surface area (Å²) in [6.45, 7) is 8.37. The first-order chi connectivity index (χ1) is 7.75. The van der Waals surface area contributed by atoms with Gasteiger partial charge in [-0.05, 0) is 50.1 Å². The van der Waals surface area contributed by atoms with Crippen molar-refractivity contribution in [3.05, 3.63) is 47.2 Å². The quantitative estimate of drug-likeness (QED) is 0.697. The lowest BCUT2D eigenvalue weighted by Crippen LogP contribution is -2.21. The molecule has 1 aliphatic heterocycles. The van der Waals surface area contributed by atoms with Gasteiger partial charge >= 0.3 is 0 Å². The number of allylic oxidation sites excluding steroid dienone is 6. The normalized spacial score (nSPS) is 23.2. The highest BCUT2D eigenvalue weighted by atomic mass is 14.9. The van der Waals surface area contributed by atoms with Crippen LogP contribution >= 0.6 is 0 Å². The molecule has 0 saturated heterocycles. The van der Waals surface area contributed by atoms with Gasteiger partial charge < -0.3 is 5.32 Å². The summed E-state index contributed by atoms with van der Waals surface area (Å²) < 4.78 is 0. The van der Waals surface area contributed by atoms with Gasteiger partial charge in [-0.15, -0.1) is 0 Å². The van der Waals surface area contributed by atoms with Crippen LogP contribution in [0.2, 0.25) is 0 Å². The Balaban J connectivity index is 0.000000606. The van der Waals surface area contributed by atoms with Crippen LogP contribution in [0.4, 0.5) is 0 Å². The Morgan fingerprint density at radius 2 is 1.94 bits per heavy atom. The molecule has 1 N–H and O–H groups in total. The molecule has 1 unspecified atom stereocenters. The zero-order chi connectivity index (χ0) is 12.0. The van der Waals surface area contributed by atoms with Crippen LogP contribution in [0.25, 0.3) is 0 Å². The van der Waals surface area contributed by atoms with E-state index in [4.69, 9.17) is 0 Å². The van der Waals surface area contributed by atoms with E-state index in [1.54, 1.807) is 0 Å². The van der Waals surface area contributed by atoms with Crippen LogP contribution in [-0.2, 0) is 0 Å². The van der Waals surface area contributed by atoms with Crippen LogP contribution in [0.1, 0.15) is 40.5 Å². The van der Waals surface area contributed by atoms with E-state index < -0.39 is 0 Å². The highest BCUT2D eigenvalue weighted by Crippen LogP contribution is 2.25. The molecule has 88 valence electrons. The van der Waals surface area contributed by atoms with Crippen molar-refractivity contribution in [3.8, 4) is 0 Å². The Morgan fingerprint density at radius 3 is 2.50 bits per heavy atom. The molecule has 1 nitrogen and oxygen atoms in total. The van der Waals surface area contributed by atoms with E-state index in [9.17, 15) is 0 Å². The van der Waals surface area contributed by atoms with Crippen molar-refractivity contribution in [1.29, 1.82) is 0 Å². The summed E-state index contributed by atoms with van der Waals surface area (Å²) in [4.78, 5) is 0. The molecule has 0 aromatic carbocycles. The Morgan fingerprint density at radius 1 is 1.19 bits per heavy atom. The largest absolute Gasteiger partial charge is 0.385 e. The Kier molecular flexibility index (Phi) is 5.10. The minimum Gasteiger partial charge on any atom is -0.385 e. The molecule has 1 aliphatic carbocycles. The maximum atomic E-state index is 3.26. The first kappa shape index (κ1) is 12.8. The van der Waals surface area contributed by atoms with Gasteiger partial charge in [0, 0.05) is 6.04 Å². The summed E-state index contributed by atoms with van der Waals surface area (Å²) in [7, 11) is 0. The van der Waals surface area contributed by atoms with Crippen LogP contribution in [0.3, 0.4) is 0 Å². The lowest BCUT2D eigenvalue weighted by Gasteiger charge is -2.19. The zero-order valence-corrected chi connectivity index (χ0v) is 10.9. The highest BCUT2D eigenvalue weighted by Gasteiger charge is 2.09. The molecule has 0 amide bonds. The summed E-state index contributed by atoms with van der Waals surface area (Å²) >= 11 is 0. The van der Waals surface area contributed by atoms with Gasteiger partial charge in [-0.1, -0.05) is 37.6 Å². The molecule has 0 spiro atoms. The van der Waals surface area contributed by atoms with Gasteiger partial charge in [0.15, 0.2) is 0 Å². The molecule has 0 radical (unpaired) electrons. The Bertz CT molecular complexity index is 342. The molecule has 1 heteroatoms. The first-order valence-corrected chi connectivity index (χ1v) is 6.27. The molecule has 1 heterocycles. The third-order valence-corrected chi connectivity index (χ3v) is 2.78. The zero-order valence-electron chi connectivity index (χ0n) is 10.9. The third kappa shape index (κ3) is 3.41. The van der Waals surface area contributed by atoms with E-state index in [0.29, 0.717) is 6.04 Å². The molecule has 2 rings (SSSR count). The maximum absolute atomic E-state index is 3.26. The van der Waals surface area contributed by atoms with E-state index in [0.717, 1.165) is 0 Å². The Labute approximate surface area is 99.6 Å². The van der Waals surface area contributed by atoms with Gasteiger partial charge in [0.05, 0.1) is 0 Å². The predicted octanol–water partition coefficient (Wildman–Crippen LogP) is 4.11. The van der Waals surface area contributed by atoms with Crippen molar-refractivity contribution in [2.45, 2.75) is 46.6 Å². The van der Waals surface area contributed by atoms with Crippen molar-refractivity contribution >= 4 is 0 Å². The molecule has 0 aromatic rings. The predicted molar refractivity (Wildman–Crippen MR) is 72.2 cm³/mol. The van der Waals surface area contributed by atoms with E-state index in [1.165, 1.54) is 29.6 Å². The smallest absolute Gasteiger partial charge is 0.0419 e. The Hall–Kier alpha value is -1.24. The lowest BCUT2D eigenvalue weighted by atomic mass is 9.92. The van der Waals surface area contributed by atoms with Gasteiger partial charge in [-0.3, -0.25) is 0 Å². The highest BCUT2D eigenvalue weighted by molar-refractivity contribution is 5.45. The van der Waals surface area contributed by atoms with Crippen molar-refractivity contribution < 1.29 is 0 Å². The molecule has 2 aliphatic rings. The second kappa shape index (κ2) is 6.37. The summed E-state index contributed by atoms with van der Waals surface area (Å²) in [5, 5.41) is 3.26. The van der Waals surface area contributed by atoms with Gasteiger partial charge in [0.25, 0.3) is 0 Å². The standard InChI is InChI=1S/C13H17N.C2H6/c1-10-3-5-12(6-4-10)13-7-8-14-11(2)9-13;1-2/h3,5,7-9,11,14H,4,6H2,1-2H3;1-2H3. The average Bonchev–Trinajstić information content (AvgIpc) is 2.32. The van der Waals surface area contributed by atoms with E-state index in [-0.39, 0.29) is 0 Å². The molecular formula is C15H23N. The summed E-state index contributed by atoms with van der Waals surface area (Å²) in [6, 6.07) is 0.461. The van der Waals surface area contributed by atoms with Crippen LogP contribution in [0.5, 0.6) is 0 Å². The van der Waals surface area contributed by atoms with Crippen LogP contribution in [-0.4, -0.2) is 6.04 Å². The molecule has 0 aromatic heterocycles. The number of nitrogens with one attached hydrogen (secondary N) is 1. The lowest BCUT2D eigenvalue weighted by molar-refractivity contribution is 0.751. The molecule has 0 bridgehead atoms. The topological polar surface area (TPSA) is 12.0 Å². The van der Waals surface area contributed by atoms with Gasteiger partial charge in [0.1, 0.15) is 0 Å².